The fraction of sp³-hybridized carbons (Fsp3) is 0.200. The molecule has 4 aromatic rings. The number of methoxy groups -OCH3 is 1. The molecule has 0 atom stereocenters. The summed E-state index contributed by atoms with van der Waals surface area (Å²) < 4.78 is 5.23. The smallest absolute Gasteiger partial charge is 0.272 e. The molecule has 3 aromatic carbocycles. The number of rotatable bonds is 4. The molecule has 0 spiro atoms. The molecule has 156 valence electrons. The number of H-pyrrole nitrogens is 1. The van der Waals surface area contributed by atoms with Crippen molar-refractivity contribution in [1.82, 2.24) is 15.1 Å². The van der Waals surface area contributed by atoms with Gasteiger partial charge >= 0.3 is 0 Å². The van der Waals surface area contributed by atoms with Crippen LogP contribution in [0, 0.1) is 0 Å². The number of fused-ring (bicyclic) bond motifs is 1. The first-order chi connectivity index (χ1) is 15.2. The average Bonchev–Trinajstić information content (AvgIpc) is 3.33. The molecule has 0 saturated carbocycles. The fourth-order valence-electron chi connectivity index (χ4n) is 4.15. The lowest BCUT2D eigenvalue weighted by atomic mass is 10.0. The second-order valence-electron chi connectivity index (χ2n) is 7.67. The summed E-state index contributed by atoms with van der Waals surface area (Å²) in [5.74, 6) is 0.840. The largest absolute Gasteiger partial charge is 0.497 e. The lowest BCUT2D eigenvalue weighted by molar-refractivity contribution is 0.0741. The van der Waals surface area contributed by atoms with Gasteiger partial charge in [-0.1, -0.05) is 42.5 Å². The number of piperazine rings is 1. The third-order valence-corrected chi connectivity index (χ3v) is 5.88. The van der Waals surface area contributed by atoms with Crippen LogP contribution in [0.15, 0.2) is 72.8 Å². The summed E-state index contributed by atoms with van der Waals surface area (Å²) in [6.07, 6.45) is 0. The summed E-state index contributed by atoms with van der Waals surface area (Å²) in [5, 5.41) is 9.68. The quantitative estimate of drug-likeness (QED) is 0.546. The van der Waals surface area contributed by atoms with Crippen LogP contribution in [0.1, 0.15) is 10.5 Å². The van der Waals surface area contributed by atoms with Crippen molar-refractivity contribution >= 4 is 22.4 Å². The second-order valence-corrected chi connectivity index (χ2v) is 7.67. The molecule has 0 unspecified atom stereocenters. The lowest BCUT2D eigenvalue weighted by Crippen LogP contribution is -2.48. The summed E-state index contributed by atoms with van der Waals surface area (Å²) in [6.45, 7) is 2.94. The first kappa shape index (κ1) is 19.2. The van der Waals surface area contributed by atoms with E-state index in [1.807, 2.05) is 47.4 Å². The molecule has 0 bridgehead atoms. The summed E-state index contributed by atoms with van der Waals surface area (Å²) in [6, 6.07) is 24.3. The number of hydrogen-bond acceptors (Lipinski definition) is 4. The molecule has 1 fully saturated rings. The summed E-state index contributed by atoms with van der Waals surface area (Å²) in [4.78, 5) is 17.2. The normalized spacial score (nSPS) is 14.1. The zero-order valence-electron chi connectivity index (χ0n) is 17.4. The zero-order valence-corrected chi connectivity index (χ0v) is 17.4. The Balaban J connectivity index is 1.29. The Labute approximate surface area is 181 Å². The number of carbonyl (C=O) groups is 1. The number of hydrogen-bond donors (Lipinski definition) is 1. The maximum Gasteiger partial charge on any atom is 0.272 e. The molecule has 1 aromatic heterocycles. The van der Waals surface area contributed by atoms with Gasteiger partial charge in [0.1, 0.15) is 11.4 Å². The lowest BCUT2D eigenvalue weighted by Gasteiger charge is -2.35. The number of amides is 1. The molecule has 5 rings (SSSR count). The van der Waals surface area contributed by atoms with Crippen molar-refractivity contribution < 1.29 is 9.53 Å². The van der Waals surface area contributed by atoms with E-state index in [1.54, 1.807) is 7.11 Å². The van der Waals surface area contributed by atoms with Crippen LogP contribution < -0.4 is 9.64 Å². The van der Waals surface area contributed by atoms with Gasteiger partial charge in [-0.05, 0) is 41.1 Å². The van der Waals surface area contributed by atoms with Gasteiger partial charge in [-0.2, -0.15) is 5.10 Å². The van der Waals surface area contributed by atoms with Crippen LogP contribution in [0.3, 0.4) is 0 Å². The van der Waals surface area contributed by atoms with E-state index in [4.69, 9.17) is 4.74 Å². The Morgan fingerprint density at radius 1 is 0.935 bits per heavy atom. The van der Waals surface area contributed by atoms with Crippen molar-refractivity contribution in [3.05, 3.63) is 78.5 Å². The molecule has 2 heterocycles. The molecule has 6 heteroatoms. The highest BCUT2D eigenvalue weighted by Gasteiger charge is 2.24. The summed E-state index contributed by atoms with van der Waals surface area (Å²) in [7, 11) is 1.67. The van der Waals surface area contributed by atoms with Crippen LogP contribution in [0.25, 0.3) is 22.0 Å². The Hall–Kier alpha value is -3.80. The molecule has 0 radical (unpaired) electrons. The SMILES string of the molecule is COc1ccc(N2CCN(C(=O)c3cc(-c4cccc5ccccc45)n[nH]3)CC2)cc1. The summed E-state index contributed by atoms with van der Waals surface area (Å²) >= 11 is 0. The van der Waals surface area contributed by atoms with Crippen molar-refractivity contribution in [2.24, 2.45) is 0 Å². The summed E-state index contributed by atoms with van der Waals surface area (Å²) in [5.41, 5.74) is 3.49. The second kappa shape index (κ2) is 8.14. The first-order valence-electron chi connectivity index (χ1n) is 10.4. The predicted octanol–water partition coefficient (Wildman–Crippen LogP) is 4.20. The molecular weight excluding hydrogens is 388 g/mol. The highest BCUT2D eigenvalue weighted by atomic mass is 16.5. The number of ether oxygens (including phenoxy) is 1. The number of carbonyl (C=O) groups excluding carboxylic acids is 1. The van der Waals surface area contributed by atoms with Crippen molar-refractivity contribution in [1.29, 1.82) is 0 Å². The van der Waals surface area contributed by atoms with Gasteiger partial charge in [0.15, 0.2) is 0 Å². The molecule has 1 saturated heterocycles. The van der Waals surface area contributed by atoms with Gasteiger partial charge in [0.25, 0.3) is 5.91 Å². The monoisotopic (exact) mass is 412 g/mol. The average molecular weight is 412 g/mol. The minimum atomic E-state index is -0.00614. The van der Waals surface area contributed by atoms with Gasteiger partial charge in [-0.3, -0.25) is 9.89 Å². The van der Waals surface area contributed by atoms with Crippen molar-refractivity contribution in [3.8, 4) is 17.0 Å². The minimum absolute atomic E-state index is 0.00614. The number of nitrogens with one attached hydrogen (secondary N) is 1. The molecule has 1 N–H and O–H groups in total. The number of anilines is 1. The van der Waals surface area contributed by atoms with Gasteiger partial charge in [0, 0.05) is 37.4 Å². The Bertz CT molecular complexity index is 1200. The highest BCUT2D eigenvalue weighted by Crippen LogP contribution is 2.28. The highest BCUT2D eigenvalue weighted by molar-refractivity contribution is 5.98. The third kappa shape index (κ3) is 3.72. The maximum atomic E-state index is 13.1. The number of benzene rings is 3. The molecule has 31 heavy (non-hydrogen) atoms. The van der Waals surface area contributed by atoms with Crippen molar-refractivity contribution in [2.75, 3.05) is 38.2 Å². The predicted molar refractivity (Wildman–Crippen MR) is 123 cm³/mol. The van der Waals surface area contributed by atoms with Crippen LogP contribution in [0.4, 0.5) is 5.69 Å². The van der Waals surface area contributed by atoms with E-state index in [2.05, 4.69) is 45.4 Å². The van der Waals surface area contributed by atoms with Crippen molar-refractivity contribution in [2.45, 2.75) is 0 Å². The van der Waals surface area contributed by atoms with E-state index in [0.29, 0.717) is 18.8 Å². The number of aromatic nitrogens is 2. The molecule has 6 nitrogen and oxygen atoms in total. The van der Waals surface area contributed by atoms with Gasteiger partial charge in [0.2, 0.25) is 0 Å². The van der Waals surface area contributed by atoms with Crippen LogP contribution in [0.2, 0.25) is 0 Å². The number of aromatic amines is 1. The molecule has 1 aliphatic heterocycles. The number of nitrogens with zero attached hydrogens (tertiary/aromatic N) is 3. The van der Waals surface area contributed by atoms with E-state index < -0.39 is 0 Å². The zero-order chi connectivity index (χ0) is 21.2. The Morgan fingerprint density at radius 3 is 2.45 bits per heavy atom. The van der Waals surface area contributed by atoms with E-state index in [9.17, 15) is 4.79 Å². The van der Waals surface area contributed by atoms with Crippen LogP contribution in [0.5, 0.6) is 5.75 Å². The standard InChI is InChI=1S/C25H24N4O2/c1-31-20-11-9-19(10-12-20)28-13-15-29(16-14-28)25(30)24-17-23(26-27-24)22-8-4-6-18-5-2-3-7-21(18)22/h2-12,17H,13-16H2,1H3,(H,26,27). The van der Waals surface area contributed by atoms with Crippen molar-refractivity contribution in [3.63, 3.8) is 0 Å². The fourth-order valence-corrected chi connectivity index (χ4v) is 4.15. The van der Waals surface area contributed by atoms with Crippen LogP contribution >= 0.6 is 0 Å². The van der Waals surface area contributed by atoms with E-state index in [-0.39, 0.29) is 5.91 Å². The molecule has 1 aliphatic rings. The topological polar surface area (TPSA) is 61.5 Å². The van der Waals surface area contributed by atoms with E-state index >= 15 is 0 Å². The molecule has 1 amide bonds. The third-order valence-electron chi connectivity index (χ3n) is 5.88. The van der Waals surface area contributed by atoms with Gasteiger partial charge in [-0.15, -0.1) is 0 Å². The molecule has 0 aliphatic carbocycles. The molecular formula is C25H24N4O2. The minimum Gasteiger partial charge on any atom is -0.497 e. The van der Waals surface area contributed by atoms with Gasteiger partial charge < -0.3 is 14.5 Å². The first-order valence-corrected chi connectivity index (χ1v) is 10.4. The Kier molecular flexibility index (Phi) is 5.04. The van der Waals surface area contributed by atoms with Crippen LogP contribution in [-0.4, -0.2) is 54.3 Å². The van der Waals surface area contributed by atoms with Crippen LogP contribution in [-0.2, 0) is 0 Å². The van der Waals surface area contributed by atoms with Gasteiger partial charge in [0.05, 0.1) is 12.8 Å². The van der Waals surface area contributed by atoms with E-state index in [0.717, 1.165) is 46.6 Å². The Morgan fingerprint density at radius 2 is 1.68 bits per heavy atom. The maximum absolute atomic E-state index is 13.1. The van der Waals surface area contributed by atoms with Gasteiger partial charge in [-0.25, -0.2) is 0 Å². The van der Waals surface area contributed by atoms with E-state index in [1.165, 1.54) is 0 Å².